The van der Waals surface area contributed by atoms with Crippen LogP contribution < -0.4 is 5.32 Å². The van der Waals surface area contributed by atoms with E-state index in [0.717, 1.165) is 11.3 Å². The van der Waals surface area contributed by atoms with Gasteiger partial charge in [-0.15, -0.1) is 0 Å². The Kier molecular flexibility index (Phi) is 5.17. The van der Waals surface area contributed by atoms with Crippen LogP contribution in [0.25, 0.3) is 0 Å². The number of anilines is 1. The maximum Gasteiger partial charge on any atom is 0.0977 e. The molecule has 0 bridgehead atoms. The first-order valence-corrected chi connectivity index (χ1v) is 7.24. The summed E-state index contributed by atoms with van der Waals surface area (Å²) in [5, 5.41) is 15.1. The summed E-state index contributed by atoms with van der Waals surface area (Å²) in [6.45, 7) is 2.24. The summed E-state index contributed by atoms with van der Waals surface area (Å²) >= 11 is 18.0. The standard InChI is InChI=1S/C15H14Cl3NO/c1-9-12(17)3-2-4-14(9)19-8-15(20)11-7-10(16)5-6-13(11)18/h2-7,15,19-20H,8H2,1H3. The number of aliphatic hydroxyl groups excluding tert-OH is 1. The molecule has 0 aliphatic rings. The Morgan fingerprint density at radius 1 is 1.10 bits per heavy atom. The Morgan fingerprint density at radius 2 is 1.85 bits per heavy atom. The Balaban J connectivity index is 2.10. The molecule has 2 aromatic carbocycles. The van der Waals surface area contributed by atoms with Crippen LogP contribution >= 0.6 is 34.8 Å². The highest BCUT2D eigenvalue weighted by Crippen LogP contribution is 2.28. The summed E-state index contributed by atoms with van der Waals surface area (Å²) in [5.41, 5.74) is 2.43. The molecule has 0 heterocycles. The van der Waals surface area contributed by atoms with E-state index in [2.05, 4.69) is 5.32 Å². The SMILES string of the molecule is Cc1c(Cl)cccc1NCC(O)c1cc(Cl)ccc1Cl. The first-order chi connectivity index (χ1) is 9.49. The lowest BCUT2D eigenvalue weighted by atomic mass is 10.1. The third-order valence-corrected chi connectivity index (χ3v) is 4.06. The lowest BCUT2D eigenvalue weighted by Gasteiger charge is -2.16. The van der Waals surface area contributed by atoms with Crippen LogP contribution in [0.4, 0.5) is 5.69 Å². The number of benzene rings is 2. The number of nitrogens with one attached hydrogen (secondary N) is 1. The van der Waals surface area contributed by atoms with Crippen molar-refractivity contribution in [3.05, 3.63) is 62.6 Å². The van der Waals surface area contributed by atoms with Gasteiger partial charge >= 0.3 is 0 Å². The summed E-state index contributed by atoms with van der Waals surface area (Å²) in [6.07, 6.45) is -0.750. The summed E-state index contributed by atoms with van der Waals surface area (Å²) in [7, 11) is 0. The molecular weight excluding hydrogens is 317 g/mol. The van der Waals surface area contributed by atoms with Gasteiger partial charge in [0.1, 0.15) is 0 Å². The number of rotatable bonds is 4. The zero-order chi connectivity index (χ0) is 14.7. The van der Waals surface area contributed by atoms with Crippen LogP contribution in [0, 0.1) is 6.92 Å². The van der Waals surface area contributed by atoms with Gasteiger partial charge in [0.05, 0.1) is 6.10 Å². The highest BCUT2D eigenvalue weighted by molar-refractivity contribution is 6.33. The van der Waals surface area contributed by atoms with Gasteiger partial charge in [0.2, 0.25) is 0 Å². The number of hydrogen-bond donors (Lipinski definition) is 2. The Labute approximate surface area is 133 Å². The molecule has 2 rings (SSSR count). The van der Waals surface area contributed by atoms with Crippen molar-refractivity contribution in [3.8, 4) is 0 Å². The van der Waals surface area contributed by atoms with Crippen molar-refractivity contribution in [1.82, 2.24) is 0 Å². The van der Waals surface area contributed by atoms with Crippen molar-refractivity contribution in [2.75, 3.05) is 11.9 Å². The minimum atomic E-state index is -0.750. The second-order valence-electron chi connectivity index (χ2n) is 4.47. The molecule has 0 saturated heterocycles. The van der Waals surface area contributed by atoms with E-state index in [1.54, 1.807) is 18.2 Å². The number of aliphatic hydroxyl groups is 1. The lowest BCUT2D eigenvalue weighted by molar-refractivity contribution is 0.191. The average molecular weight is 331 g/mol. The van der Waals surface area contributed by atoms with Crippen LogP contribution in [0.15, 0.2) is 36.4 Å². The largest absolute Gasteiger partial charge is 0.387 e. The van der Waals surface area contributed by atoms with E-state index in [1.165, 1.54) is 0 Å². The van der Waals surface area contributed by atoms with Gasteiger partial charge in [-0.25, -0.2) is 0 Å². The van der Waals surface area contributed by atoms with Gasteiger partial charge in [0.15, 0.2) is 0 Å². The molecule has 0 radical (unpaired) electrons. The van der Waals surface area contributed by atoms with E-state index in [4.69, 9.17) is 34.8 Å². The summed E-state index contributed by atoms with van der Waals surface area (Å²) < 4.78 is 0. The van der Waals surface area contributed by atoms with E-state index in [9.17, 15) is 5.11 Å². The highest BCUT2D eigenvalue weighted by atomic mass is 35.5. The van der Waals surface area contributed by atoms with Crippen molar-refractivity contribution in [2.45, 2.75) is 13.0 Å². The maximum absolute atomic E-state index is 10.2. The zero-order valence-electron chi connectivity index (χ0n) is 10.8. The molecule has 0 spiro atoms. The Hall–Kier alpha value is -0.930. The van der Waals surface area contributed by atoms with Crippen LogP contribution in [0.1, 0.15) is 17.2 Å². The van der Waals surface area contributed by atoms with E-state index in [-0.39, 0.29) is 0 Å². The second-order valence-corrected chi connectivity index (χ2v) is 5.73. The molecule has 2 aromatic rings. The van der Waals surface area contributed by atoms with Gasteiger partial charge in [-0.05, 0) is 42.8 Å². The molecule has 0 aliphatic heterocycles. The molecule has 1 atom stereocenters. The molecule has 0 saturated carbocycles. The second kappa shape index (κ2) is 6.68. The predicted molar refractivity (Wildman–Crippen MR) is 86.1 cm³/mol. The fourth-order valence-corrected chi connectivity index (χ4v) is 2.48. The quantitative estimate of drug-likeness (QED) is 0.817. The number of hydrogen-bond acceptors (Lipinski definition) is 2. The van der Waals surface area contributed by atoms with Gasteiger partial charge in [-0.2, -0.15) is 0 Å². The van der Waals surface area contributed by atoms with Gasteiger partial charge in [-0.1, -0.05) is 40.9 Å². The summed E-state index contributed by atoms with van der Waals surface area (Å²) in [6, 6.07) is 10.6. The first-order valence-electron chi connectivity index (χ1n) is 6.11. The van der Waals surface area contributed by atoms with E-state index in [0.29, 0.717) is 27.2 Å². The number of halogens is 3. The van der Waals surface area contributed by atoms with Gasteiger partial charge in [-0.3, -0.25) is 0 Å². The van der Waals surface area contributed by atoms with Gasteiger partial charge < -0.3 is 10.4 Å². The normalized spacial score (nSPS) is 12.2. The van der Waals surface area contributed by atoms with E-state index < -0.39 is 6.10 Å². The van der Waals surface area contributed by atoms with Crippen LogP contribution in [-0.2, 0) is 0 Å². The molecule has 106 valence electrons. The lowest BCUT2D eigenvalue weighted by Crippen LogP contribution is -2.13. The molecule has 0 fully saturated rings. The van der Waals surface area contributed by atoms with Crippen LogP contribution in [0.5, 0.6) is 0 Å². The molecule has 0 aromatic heterocycles. The predicted octanol–water partition coefficient (Wildman–Crippen LogP) is 5.10. The Bertz CT molecular complexity index is 616. The fraction of sp³-hybridized carbons (Fsp3) is 0.200. The van der Waals surface area contributed by atoms with E-state index in [1.807, 2.05) is 25.1 Å². The fourth-order valence-electron chi connectivity index (χ4n) is 1.89. The molecule has 5 heteroatoms. The van der Waals surface area contributed by atoms with Crippen LogP contribution in [-0.4, -0.2) is 11.7 Å². The third kappa shape index (κ3) is 3.58. The molecular formula is C15H14Cl3NO. The zero-order valence-corrected chi connectivity index (χ0v) is 13.1. The summed E-state index contributed by atoms with van der Waals surface area (Å²) in [4.78, 5) is 0. The third-order valence-electron chi connectivity index (χ3n) is 3.07. The Morgan fingerprint density at radius 3 is 2.60 bits per heavy atom. The monoisotopic (exact) mass is 329 g/mol. The van der Waals surface area contributed by atoms with Gasteiger partial charge in [0.25, 0.3) is 0 Å². The molecule has 2 N–H and O–H groups in total. The van der Waals surface area contributed by atoms with E-state index >= 15 is 0 Å². The molecule has 0 aliphatic carbocycles. The molecule has 1 unspecified atom stereocenters. The maximum atomic E-state index is 10.2. The van der Waals surface area contributed by atoms with Crippen LogP contribution in [0.3, 0.4) is 0 Å². The highest BCUT2D eigenvalue weighted by Gasteiger charge is 2.13. The topological polar surface area (TPSA) is 32.3 Å². The smallest absolute Gasteiger partial charge is 0.0977 e. The minimum Gasteiger partial charge on any atom is -0.387 e. The van der Waals surface area contributed by atoms with Crippen molar-refractivity contribution in [1.29, 1.82) is 0 Å². The average Bonchev–Trinajstić information content (AvgIpc) is 2.43. The van der Waals surface area contributed by atoms with Crippen LogP contribution in [0.2, 0.25) is 15.1 Å². The van der Waals surface area contributed by atoms with Crippen molar-refractivity contribution in [3.63, 3.8) is 0 Å². The molecule has 2 nitrogen and oxygen atoms in total. The van der Waals surface area contributed by atoms with Crippen molar-refractivity contribution < 1.29 is 5.11 Å². The molecule has 0 amide bonds. The first kappa shape index (κ1) is 15.5. The minimum absolute atomic E-state index is 0.321. The van der Waals surface area contributed by atoms with Crippen molar-refractivity contribution >= 4 is 40.5 Å². The van der Waals surface area contributed by atoms with Crippen molar-refractivity contribution in [2.24, 2.45) is 0 Å². The summed E-state index contributed by atoms with van der Waals surface area (Å²) in [5.74, 6) is 0. The molecule has 20 heavy (non-hydrogen) atoms. The van der Waals surface area contributed by atoms with Gasteiger partial charge in [0, 0.05) is 32.9 Å².